The van der Waals surface area contributed by atoms with Crippen LogP contribution in [0.2, 0.25) is 0 Å². The topological polar surface area (TPSA) is 17.1 Å². The normalized spacial score (nSPS) is 13.6. The van der Waals surface area contributed by atoms with Crippen LogP contribution in [0.25, 0.3) is 0 Å². The highest BCUT2D eigenvalue weighted by molar-refractivity contribution is 9.10. The fraction of sp³-hybridized carbons (Fsp3) is 0.235. The summed E-state index contributed by atoms with van der Waals surface area (Å²) in [5, 5.41) is -0.649. The molecule has 0 fully saturated rings. The summed E-state index contributed by atoms with van der Waals surface area (Å²) in [6, 6.07) is 15.3. The van der Waals surface area contributed by atoms with E-state index in [1.807, 2.05) is 48.5 Å². The number of hydrogen-bond donors (Lipinski definition) is 0. The second kappa shape index (κ2) is 8.49. The molecule has 0 heterocycles. The van der Waals surface area contributed by atoms with Crippen molar-refractivity contribution in [2.24, 2.45) is 0 Å². The molecule has 1 nitrogen and oxygen atoms in total. The van der Waals surface area contributed by atoms with Crippen molar-refractivity contribution >= 4 is 60.8 Å². The first-order valence-corrected chi connectivity index (χ1v) is 9.22. The Balaban J connectivity index is 1.91. The van der Waals surface area contributed by atoms with Gasteiger partial charge in [0.05, 0.1) is 10.8 Å². The molecule has 116 valence electrons. The molecule has 0 aliphatic rings. The Hall–Kier alpha value is -0.350. The van der Waals surface area contributed by atoms with Crippen LogP contribution >= 0.6 is 55.1 Å². The third-order valence-electron chi connectivity index (χ3n) is 3.28. The van der Waals surface area contributed by atoms with Crippen LogP contribution in [0.4, 0.5) is 0 Å². The van der Waals surface area contributed by atoms with E-state index in [0.717, 1.165) is 20.1 Å². The largest absolute Gasteiger partial charge is 0.300 e. The molecular weight excluding hydrogens is 451 g/mol. The molecule has 0 spiro atoms. The van der Waals surface area contributed by atoms with Crippen molar-refractivity contribution in [2.45, 2.75) is 23.6 Å². The standard InChI is InChI=1S/C17H14Br2Cl2O/c18-13-5-1-11(2-6-13)16(20)9-15(22)10-17(21)12-3-7-14(19)8-4-12/h1-8,16-17H,9-10H2. The van der Waals surface area contributed by atoms with E-state index in [-0.39, 0.29) is 29.4 Å². The van der Waals surface area contributed by atoms with Crippen molar-refractivity contribution in [3.05, 3.63) is 68.6 Å². The third kappa shape index (κ3) is 5.38. The minimum Gasteiger partial charge on any atom is -0.300 e. The molecule has 2 unspecified atom stereocenters. The first-order chi connectivity index (χ1) is 10.5. The van der Waals surface area contributed by atoms with E-state index >= 15 is 0 Å². The summed E-state index contributed by atoms with van der Waals surface area (Å²) in [6.07, 6.45) is 0.561. The van der Waals surface area contributed by atoms with Crippen LogP contribution in [-0.2, 0) is 4.79 Å². The van der Waals surface area contributed by atoms with Crippen LogP contribution < -0.4 is 0 Å². The molecule has 0 N–H and O–H groups in total. The van der Waals surface area contributed by atoms with E-state index in [1.54, 1.807) is 0 Å². The Morgan fingerprint density at radius 1 is 0.773 bits per heavy atom. The zero-order chi connectivity index (χ0) is 16.1. The van der Waals surface area contributed by atoms with E-state index in [0.29, 0.717) is 0 Å². The molecular formula is C17H14Br2Cl2O. The van der Waals surface area contributed by atoms with Crippen LogP contribution in [-0.4, -0.2) is 5.78 Å². The van der Waals surface area contributed by atoms with Crippen molar-refractivity contribution < 1.29 is 4.79 Å². The number of alkyl halides is 2. The second-order valence-corrected chi connectivity index (χ2v) is 7.87. The van der Waals surface area contributed by atoms with E-state index in [4.69, 9.17) is 23.2 Å². The van der Waals surface area contributed by atoms with Gasteiger partial charge in [0.25, 0.3) is 0 Å². The van der Waals surface area contributed by atoms with Crippen LogP contribution in [0.3, 0.4) is 0 Å². The van der Waals surface area contributed by atoms with Gasteiger partial charge in [0.1, 0.15) is 5.78 Å². The number of benzene rings is 2. The number of Topliss-reactive ketones (excluding diaryl/α,β-unsaturated/α-hetero) is 1. The number of rotatable bonds is 6. The van der Waals surface area contributed by atoms with Gasteiger partial charge < -0.3 is 0 Å². The Morgan fingerprint density at radius 2 is 1.09 bits per heavy atom. The van der Waals surface area contributed by atoms with Gasteiger partial charge in [0.2, 0.25) is 0 Å². The minimum atomic E-state index is -0.325. The van der Waals surface area contributed by atoms with Crippen LogP contribution in [0.1, 0.15) is 34.7 Å². The van der Waals surface area contributed by atoms with Gasteiger partial charge in [0.15, 0.2) is 0 Å². The SMILES string of the molecule is O=C(CC(Cl)c1ccc(Br)cc1)CC(Cl)c1ccc(Br)cc1. The highest BCUT2D eigenvalue weighted by atomic mass is 79.9. The molecule has 2 atom stereocenters. The summed E-state index contributed by atoms with van der Waals surface area (Å²) >= 11 is 19.4. The van der Waals surface area contributed by atoms with Crippen LogP contribution in [0.15, 0.2) is 57.5 Å². The van der Waals surface area contributed by atoms with Crippen molar-refractivity contribution in [1.82, 2.24) is 0 Å². The van der Waals surface area contributed by atoms with E-state index in [9.17, 15) is 4.79 Å². The van der Waals surface area contributed by atoms with Crippen LogP contribution in [0.5, 0.6) is 0 Å². The Morgan fingerprint density at radius 3 is 1.41 bits per heavy atom. The highest BCUT2D eigenvalue weighted by Gasteiger charge is 2.17. The molecule has 22 heavy (non-hydrogen) atoms. The van der Waals surface area contributed by atoms with Gasteiger partial charge in [-0.05, 0) is 35.4 Å². The number of carbonyl (C=O) groups is 1. The number of ketones is 1. The molecule has 2 rings (SSSR count). The lowest BCUT2D eigenvalue weighted by molar-refractivity contribution is -0.119. The van der Waals surface area contributed by atoms with Gasteiger partial charge >= 0.3 is 0 Å². The quantitative estimate of drug-likeness (QED) is 0.428. The molecule has 2 aromatic rings. The van der Waals surface area contributed by atoms with Gasteiger partial charge in [0, 0.05) is 21.8 Å². The average molecular weight is 465 g/mol. The smallest absolute Gasteiger partial charge is 0.136 e. The maximum atomic E-state index is 12.2. The zero-order valence-corrected chi connectivity index (χ0v) is 16.3. The van der Waals surface area contributed by atoms with Gasteiger partial charge in [-0.1, -0.05) is 56.1 Å². The lowest BCUT2D eigenvalue weighted by atomic mass is 10.0. The van der Waals surface area contributed by atoms with Crippen molar-refractivity contribution in [2.75, 3.05) is 0 Å². The third-order valence-corrected chi connectivity index (χ3v) is 5.15. The van der Waals surface area contributed by atoms with Crippen LogP contribution in [0, 0.1) is 0 Å². The predicted octanol–water partition coefficient (Wildman–Crippen LogP) is 6.82. The first kappa shape index (κ1) is 18.0. The fourth-order valence-electron chi connectivity index (χ4n) is 2.06. The molecule has 0 saturated carbocycles. The molecule has 0 aliphatic heterocycles. The van der Waals surface area contributed by atoms with E-state index in [1.165, 1.54) is 0 Å². The van der Waals surface area contributed by atoms with Crippen molar-refractivity contribution in [3.8, 4) is 0 Å². The summed E-state index contributed by atoms with van der Waals surface area (Å²) in [7, 11) is 0. The van der Waals surface area contributed by atoms with E-state index < -0.39 is 0 Å². The number of halogens is 4. The molecule has 0 aromatic heterocycles. The summed E-state index contributed by atoms with van der Waals surface area (Å²) < 4.78 is 1.98. The lowest BCUT2D eigenvalue weighted by Crippen LogP contribution is -2.06. The second-order valence-electron chi connectivity index (χ2n) is 4.99. The molecule has 0 saturated heterocycles. The van der Waals surface area contributed by atoms with Gasteiger partial charge in [-0.2, -0.15) is 0 Å². The van der Waals surface area contributed by atoms with Gasteiger partial charge in [-0.25, -0.2) is 0 Å². The lowest BCUT2D eigenvalue weighted by Gasteiger charge is -2.12. The minimum absolute atomic E-state index is 0.0610. The number of hydrogen-bond acceptors (Lipinski definition) is 1. The Bertz CT molecular complexity index is 571. The zero-order valence-electron chi connectivity index (χ0n) is 11.6. The first-order valence-electron chi connectivity index (χ1n) is 6.76. The maximum Gasteiger partial charge on any atom is 0.136 e. The molecule has 0 amide bonds. The summed E-state index contributed by atoms with van der Waals surface area (Å²) in [6.45, 7) is 0. The average Bonchev–Trinajstić information content (AvgIpc) is 2.48. The molecule has 0 radical (unpaired) electrons. The fourth-order valence-corrected chi connectivity index (χ4v) is 3.23. The van der Waals surface area contributed by atoms with Crippen molar-refractivity contribution in [1.29, 1.82) is 0 Å². The molecule has 0 aliphatic carbocycles. The predicted molar refractivity (Wildman–Crippen MR) is 99.7 cm³/mol. The van der Waals surface area contributed by atoms with E-state index in [2.05, 4.69) is 31.9 Å². The Labute approximate surface area is 157 Å². The monoisotopic (exact) mass is 462 g/mol. The summed E-state index contributed by atoms with van der Waals surface area (Å²) in [5.41, 5.74) is 1.88. The summed E-state index contributed by atoms with van der Waals surface area (Å²) in [5.74, 6) is 0.0610. The maximum absolute atomic E-state index is 12.2. The molecule has 2 aromatic carbocycles. The number of carbonyl (C=O) groups excluding carboxylic acids is 1. The molecule has 0 bridgehead atoms. The van der Waals surface area contributed by atoms with Crippen molar-refractivity contribution in [3.63, 3.8) is 0 Å². The summed E-state index contributed by atoms with van der Waals surface area (Å²) in [4.78, 5) is 12.2. The van der Waals surface area contributed by atoms with Gasteiger partial charge in [-0.15, -0.1) is 23.2 Å². The van der Waals surface area contributed by atoms with Gasteiger partial charge in [-0.3, -0.25) is 4.79 Å². The molecule has 5 heteroatoms. The Kier molecular flexibility index (Phi) is 6.94. The highest BCUT2D eigenvalue weighted by Crippen LogP contribution is 2.30.